The summed E-state index contributed by atoms with van der Waals surface area (Å²) < 4.78 is 5.37. The maximum atomic E-state index is 10.9. The average Bonchev–Trinajstić information content (AvgIpc) is 2.06. The molecule has 2 nitrogen and oxygen atoms in total. The summed E-state index contributed by atoms with van der Waals surface area (Å²) in [5.74, 6) is 1.19. The van der Waals surface area contributed by atoms with Crippen molar-refractivity contribution < 1.29 is 9.53 Å². The van der Waals surface area contributed by atoms with Crippen LogP contribution in [0.2, 0.25) is 0 Å². The Hall–Kier alpha value is -0.530. The molecule has 2 atom stereocenters. The topological polar surface area (TPSA) is 26.3 Å². The number of rotatable bonds is 3. The molecule has 0 radical (unpaired) electrons. The third-order valence-electron chi connectivity index (χ3n) is 2.93. The second kappa shape index (κ2) is 5.38. The highest BCUT2D eigenvalue weighted by molar-refractivity contribution is 5.66. The summed E-state index contributed by atoms with van der Waals surface area (Å²) in [6.07, 6.45) is 6.20. The first kappa shape index (κ1) is 11.5. The van der Waals surface area contributed by atoms with Gasteiger partial charge in [-0.15, -0.1) is 0 Å². The van der Waals surface area contributed by atoms with Crippen molar-refractivity contribution in [3.63, 3.8) is 0 Å². The van der Waals surface area contributed by atoms with Gasteiger partial charge in [-0.05, 0) is 37.5 Å². The van der Waals surface area contributed by atoms with E-state index < -0.39 is 0 Å². The van der Waals surface area contributed by atoms with E-state index in [4.69, 9.17) is 4.74 Å². The third kappa shape index (κ3) is 3.69. The highest BCUT2D eigenvalue weighted by atomic mass is 16.5. The number of ether oxygens (including phenoxy) is 1. The van der Waals surface area contributed by atoms with Gasteiger partial charge in [0.1, 0.15) is 6.10 Å². The summed E-state index contributed by atoms with van der Waals surface area (Å²) in [7, 11) is 0. The maximum absolute atomic E-state index is 10.9. The monoisotopic (exact) mass is 198 g/mol. The van der Waals surface area contributed by atoms with Crippen molar-refractivity contribution in [3.05, 3.63) is 0 Å². The Morgan fingerprint density at radius 3 is 2.57 bits per heavy atom. The van der Waals surface area contributed by atoms with E-state index in [0.29, 0.717) is 11.8 Å². The van der Waals surface area contributed by atoms with Crippen LogP contribution < -0.4 is 0 Å². The molecule has 0 aromatic carbocycles. The quantitative estimate of drug-likeness (QED) is 0.651. The van der Waals surface area contributed by atoms with Crippen LogP contribution in [0.25, 0.3) is 0 Å². The Balaban J connectivity index is 2.45. The van der Waals surface area contributed by atoms with E-state index in [1.165, 1.54) is 32.6 Å². The summed E-state index contributed by atoms with van der Waals surface area (Å²) >= 11 is 0. The van der Waals surface area contributed by atoms with Gasteiger partial charge in [0.25, 0.3) is 0 Å². The zero-order valence-corrected chi connectivity index (χ0v) is 9.58. The second-order valence-corrected chi connectivity index (χ2v) is 4.82. The van der Waals surface area contributed by atoms with Crippen LogP contribution in [0.3, 0.4) is 0 Å². The minimum Gasteiger partial charge on any atom is -0.462 e. The molecular formula is C12H22O2. The van der Waals surface area contributed by atoms with Gasteiger partial charge >= 0.3 is 5.97 Å². The molecule has 0 heterocycles. The normalized spacial score (nSPS) is 27.7. The van der Waals surface area contributed by atoms with Crippen molar-refractivity contribution >= 4 is 5.97 Å². The third-order valence-corrected chi connectivity index (χ3v) is 2.93. The molecule has 0 saturated heterocycles. The minimum absolute atomic E-state index is 0.120. The Bertz CT molecular complexity index is 187. The van der Waals surface area contributed by atoms with E-state index >= 15 is 0 Å². The van der Waals surface area contributed by atoms with Crippen LogP contribution in [0.15, 0.2) is 0 Å². The summed E-state index contributed by atoms with van der Waals surface area (Å²) in [6.45, 7) is 5.99. The van der Waals surface area contributed by atoms with E-state index in [-0.39, 0.29) is 12.1 Å². The van der Waals surface area contributed by atoms with Gasteiger partial charge in [-0.3, -0.25) is 4.79 Å². The Kier molecular flexibility index (Phi) is 4.43. The molecular weight excluding hydrogens is 176 g/mol. The molecule has 0 amide bonds. The van der Waals surface area contributed by atoms with Gasteiger partial charge in [0.15, 0.2) is 0 Å². The lowest BCUT2D eigenvalue weighted by atomic mass is 9.81. The first-order valence-corrected chi connectivity index (χ1v) is 5.76. The highest BCUT2D eigenvalue weighted by Crippen LogP contribution is 2.31. The molecule has 1 aliphatic rings. The lowest BCUT2D eigenvalue weighted by Crippen LogP contribution is -2.30. The summed E-state index contributed by atoms with van der Waals surface area (Å²) in [5, 5.41) is 0. The number of hydrogen-bond donors (Lipinski definition) is 0. The predicted octanol–water partition coefficient (Wildman–Crippen LogP) is 3.15. The van der Waals surface area contributed by atoms with E-state index in [0.717, 1.165) is 6.42 Å². The first-order valence-electron chi connectivity index (χ1n) is 5.76. The fourth-order valence-electron chi connectivity index (χ4n) is 2.42. The van der Waals surface area contributed by atoms with Gasteiger partial charge in [0, 0.05) is 6.92 Å². The highest BCUT2D eigenvalue weighted by Gasteiger charge is 2.27. The van der Waals surface area contributed by atoms with E-state index in [9.17, 15) is 4.79 Å². The van der Waals surface area contributed by atoms with Gasteiger partial charge in [-0.25, -0.2) is 0 Å². The number of esters is 1. The van der Waals surface area contributed by atoms with Gasteiger partial charge < -0.3 is 4.74 Å². The molecule has 0 N–H and O–H groups in total. The largest absolute Gasteiger partial charge is 0.462 e. The van der Waals surface area contributed by atoms with E-state index in [1.54, 1.807) is 0 Å². The SMILES string of the molecule is CC(=O)O[C@H]1CCCC[C@@H]1CC(C)C. The van der Waals surface area contributed by atoms with Crippen LogP contribution in [0.4, 0.5) is 0 Å². The van der Waals surface area contributed by atoms with Crippen molar-refractivity contribution in [3.8, 4) is 0 Å². The van der Waals surface area contributed by atoms with Gasteiger partial charge in [0.2, 0.25) is 0 Å². The van der Waals surface area contributed by atoms with Crippen LogP contribution in [0, 0.1) is 11.8 Å². The van der Waals surface area contributed by atoms with Crippen LogP contribution in [-0.2, 0) is 9.53 Å². The lowest BCUT2D eigenvalue weighted by molar-refractivity contribution is -0.151. The zero-order chi connectivity index (χ0) is 10.6. The van der Waals surface area contributed by atoms with Crippen LogP contribution >= 0.6 is 0 Å². The zero-order valence-electron chi connectivity index (χ0n) is 9.58. The fraction of sp³-hybridized carbons (Fsp3) is 0.917. The molecule has 0 aromatic rings. The van der Waals surface area contributed by atoms with Crippen molar-refractivity contribution in [2.24, 2.45) is 11.8 Å². The van der Waals surface area contributed by atoms with Gasteiger partial charge in [0.05, 0.1) is 0 Å². The van der Waals surface area contributed by atoms with Crippen molar-refractivity contribution in [2.75, 3.05) is 0 Å². The molecule has 0 spiro atoms. The first-order chi connectivity index (χ1) is 6.59. The number of hydrogen-bond acceptors (Lipinski definition) is 2. The molecule has 0 unspecified atom stereocenters. The molecule has 14 heavy (non-hydrogen) atoms. The number of carbonyl (C=O) groups excluding carboxylic acids is 1. The molecule has 1 rings (SSSR count). The van der Waals surface area contributed by atoms with Gasteiger partial charge in [-0.2, -0.15) is 0 Å². The molecule has 1 saturated carbocycles. The molecule has 0 aliphatic heterocycles. The smallest absolute Gasteiger partial charge is 0.302 e. The molecule has 2 heteroatoms. The Morgan fingerprint density at radius 1 is 1.36 bits per heavy atom. The minimum atomic E-state index is -0.120. The van der Waals surface area contributed by atoms with Crippen LogP contribution in [-0.4, -0.2) is 12.1 Å². The van der Waals surface area contributed by atoms with Crippen molar-refractivity contribution in [1.29, 1.82) is 0 Å². The summed E-state index contributed by atoms with van der Waals surface area (Å²) in [6, 6.07) is 0. The predicted molar refractivity (Wildman–Crippen MR) is 57.0 cm³/mol. The Morgan fingerprint density at radius 2 is 2.00 bits per heavy atom. The standard InChI is InChI=1S/C12H22O2/c1-9(2)8-11-6-4-5-7-12(11)14-10(3)13/h9,11-12H,4-8H2,1-3H3/t11-,12+/m1/s1. The molecule has 82 valence electrons. The molecule has 0 bridgehead atoms. The summed E-state index contributed by atoms with van der Waals surface area (Å²) in [5.41, 5.74) is 0. The van der Waals surface area contributed by atoms with Gasteiger partial charge in [-0.1, -0.05) is 20.3 Å². The second-order valence-electron chi connectivity index (χ2n) is 4.82. The van der Waals surface area contributed by atoms with Crippen LogP contribution in [0.1, 0.15) is 52.9 Å². The Labute approximate surface area is 87.0 Å². The van der Waals surface area contributed by atoms with Crippen molar-refractivity contribution in [1.82, 2.24) is 0 Å². The number of carbonyl (C=O) groups is 1. The maximum Gasteiger partial charge on any atom is 0.302 e. The lowest BCUT2D eigenvalue weighted by Gasteiger charge is -2.31. The average molecular weight is 198 g/mol. The van der Waals surface area contributed by atoms with Crippen LogP contribution in [0.5, 0.6) is 0 Å². The molecule has 1 fully saturated rings. The van der Waals surface area contributed by atoms with Crippen molar-refractivity contribution in [2.45, 2.75) is 59.0 Å². The fourth-order valence-corrected chi connectivity index (χ4v) is 2.42. The summed E-state index contributed by atoms with van der Waals surface area (Å²) in [4.78, 5) is 10.9. The molecule has 1 aliphatic carbocycles. The molecule has 0 aromatic heterocycles. The van der Waals surface area contributed by atoms with E-state index in [2.05, 4.69) is 13.8 Å². The van der Waals surface area contributed by atoms with E-state index in [1.807, 2.05) is 0 Å².